The molecule has 0 aromatic carbocycles. The molecule has 1 aromatic rings. The lowest BCUT2D eigenvalue weighted by Gasteiger charge is -2.10. The number of anilines is 1. The van der Waals surface area contributed by atoms with Crippen LogP contribution in [0.4, 0.5) is 10.6 Å². The maximum atomic E-state index is 11.6. The zero-order chi connectivity index (χ0) is 12.8. The highest BCUT2D eigenvalue weighted by molar-refractivity contribution is 5.88. The summed E-state index contributed by atoms with van der Waals surface area (Å²) < 4.78 is 0. The van der Waals surface area contributed by atoms with Crippen LogP contribution in [0.25, 0.3) is 0 Å². The smallest absolute Gasteiger partial charge is 0.314 e. The fourth-order valence-corrected chi connectivity index (χ4v) is 2.27. The molecule has 0 aliphatic heterocycles. The molecule has 0 unspecified atom stereocenters. The van der Waals surface area contributed by atoms with E-state index in [1.54, 1.807) is 12.3 Å². The van der Waals surface area contributed by atoms with Gasteiger partial charge in [0.2, 0.25) is 0 Å². The Morgan fingerprint density at radius 3 is 2.83 bits per heavy atom. The van der Waals surface area contributed by atoms with Gasteiger partial charge in [0.05, 0.1) is 0 Å². The zero-order valence-electron chi connectivity index (χ0n) is 10.6. The van der Waals surface area contributed by atoms with Gasteiger partial charge in [-0.3, -0.25) is 5.32 Å². The molecule has 0 saturated heterocycles. The topological polar surface area (TPSA) is 54.0 Å². The van der Waals surface area contributed by atoms with E-state index >= 15 is 0 Å². The average molecular weight is 245 g/mol. The van der Waals surface area contributed by atoms with Gasteiger partial charge in [0.1, 0.15) is 5.82 Å². The predicted molar refractivity (Wildman–Crippen MR) is 72.1 cm³/mol. The van der Waals surface area contributed by atoms with Gasteiger partial charge in [-0.15, -0.1) is 0 Å². The maximum absolute atomic E-state index is 11.6. The number of aromatic nitrogens is 1. The summed E-state index contributed by atoms with van der Waals surface area (Å²) >= 11 is 0. The highest BCUT2D eigenvalue weighted by Gasteiger charge is 2.16. The Morgan fingerprint density at radius 2 is 2.17 bits per heavy atom. The fraction of sp³-hybridized carbons (Fsp3) is 0.429. The van der Waals surface area contributed by atoms with Gasteiger partial charge in [-0.1, -0.05) is 24.5 Å². The lowest BCUT2D eigenvalue weighted by atomic mass is 10.0. The Bertz CT molecular complexity index is 422. The molecule has 1 aliphatic carbocycles. The molecule has 1 heterocycles. The summed E-state index contributed by atoms with van der Waals surface area (Å²) in [5, 5.41) is 5.44. The number of pyridine rings is 1. The van der Waals surface area contributed by atoms with Crippen molar-refractivity contribution in [1.82, 2.24) is 10.3 Å². The lowest BCUT2D eigenvalue weighted by molar-refractivity contribution is 0.255. The van der Waals surface area contributed by atoms with Crippen LogP contribution in [0.5, 0.6) is 0 Å². The molecule has 0 atom stereocenters. The number of allylic oxidation sites excluding steroid dienone is 1. The van der Waals surface area contributed by atoms with E-state index in [0.717, 1.165) is 0 Å². The van der Waals surface area contributed by atoms with Crippen LogP contribution in [0.3, 0.4) is 0 Å². The predicted octanol–water partition coefficient (Wildman–Crippen LogP) is 3.30. The van der Waals surface area contributed by atoms with Gasteiger partial charge >= 0.3 is 6.03 Å². The van der Waals surface area contributed by atoms with Crippen LogP contribution in [-0.2, 0) is 0 Å². The Hall–Kier alpha value is -1.84. The quantitative estimate of drug-likeness (QED) is 0.858. The first-order valence-corrected chi connectivity index (χ1v) is 6.41. The summed E-state index contributed by atoms with van der Waals surface area (Å²) in [5.41, 5.74) is 1.25. The first kappa shape index (κ1) is 12.6. The lowest BCUT2D eigenvalue weighted by Crippen LogP contribution is -2.25. The summed E-state index contributed by atoms with van der Waals surface area (Å²) in [5.74, 6) is 1.20. The summed E-state index contributed by atoms with van der Waals surface area (Å²) in [7, 11) is 0. The van der Waals surface area contributed by atoms with Gasteiger partial charge in [-0.2, -0.15) is 0 Å². The number of rotatable bonds is 3. The van der Waals surface area contributed by atoms with Gasteiger partial charge in [0, 0.05) is 12.4 Å². The second-order valence-corrected chi connectivity index (χ2v) is 4.68. The summed E-state index contributed by atoms with van der Waals surface area (Å²) in [4.78, 5) is 15.7. The minimum atomic E-state index is -0.244. The SMILES string of the molecule is C/C(=C\NC(=O)Nc1ccccn1)C1CCCC1. The monoisotopic (exact) mass is 245 g/mol. The van der Waals surface area contributed by atoms with Crippen LogP contribution in [-0.4, -0.2) is 11.0 Å². The van der Waals surface area contributed by atoms with Crippen molar-refractivity contribution in [2.45, 2.75) is 32.6 Å². The third-order valence-electron chi connectivity index (χ3n) is 3.34. The van der Waals surface area contributed by atoms with E-state index in [1.807, 2.05) is 18.3 Å². The third kappa shape index (κ3) is 3.58. The van der Waals surface area contributed by atoms with Crippen molar-refractivity contribution in [2.24, 2.45) is 5.92 Å². The Labute approximate surface area is 108 Å². The largest absolute Gasteiger partial charge is 0.324 e. The highest BCUT2D eigenvalue weighted by Crippen LogP contribution is 2.30. The van der Waals surface area contributed by atoms with Crippen molar-refractivity contribution in [1.29, 1.82) is 0 Å². The first-order chi connectivity index (χ1) is 8.75. The molecular formula is C14H19N3O. The van der Waals surface area contributed by atoms with E-state index in [0.29, 0.717) is 11.7 Å². The van der Waals surface area contributed by atoms with Crippen molar-refractivity contribution in [3.05, 3.63) is 36.2 Å². The summed E-state index contributed by atoms with van der Waals surface area (Å²) in [6.45, 7) is 2.08. The highest BCUT2D eigenvalue weighted by atomic mass is 16.2. The molecule has 4 nitrogen and oxygen atoms in total. The van der Waals surface area contributed by atoms with Crippen LogP contribution in [0.1, 0.15) is 32.6 Å². The minimum Gasteiger partial charge on any atom is -0.314 e. The second-order valence-electron chi connectivity index (χ2n) is 4.68. The van der Waals surface area contributed by atoms with Gasteiger partial charge < -0.3 is 5.32 Å². The third-order valence-corrected chi connectivity index (χ3v) is 3.34. The molecule has 1 fully saturated rings. The molecule has 1 aliphatic rings. The van der Waals surface area contributed by atoms with E-state index in [9.17, 15) is 4.79 Å². The van der Waals surface area contributed by atoms with E-state index in [1.165, 1.54) is 31.3 Å². The van der Waals surface area contributed by atoms with E-state index in [-0.39, 0.29) is 6.03 Å². The Morgan fingerprint density at radius 1 is 1.39 bits per heavy atom. The Balaban J connectivity index is 1.82. The number of hydrogen-bond donors (Lipinski definition) is 2. The first-order valence-electron chi connectivity index (χ1n) is 6.41. The van der Waals surface area contributed by atoms with Crippen LogP contribution in [0.15, 0.2) is 36.2 Å². The molecule has 2 amide bonds. The average Bonchev–Trinajstić information content (AvgIpc) is 2.91. The van der Waals surface area contributed by atoms with Crippen molar-refractivity contribution < 1.29 is 4.79 Å². The molecule has 0 radical (unpaired) electrons. The van der Waals surface area contributed by atoms with Gasteiger partial charge in [-0.05, 0) is 37.8 Å². The maximum Gasteiger partial charge on any atom is 0.324 e. The molecule has 0 spiro atoms. The van der Waals surface area contributed by atoms with Crippen LogP contribution in [0.2, 0.25) is 0 Å². The Kier molecular flexibility index (Phi) is 4.34. The number of carbonyl (C=O) groups is 1. The number of nitrogens with zero attached hydrogens (tertiary/aromatic N) is 1. The van der Waals surface area contributed by atoms with Crippen LogP contribution < -0.4 is 10.6 Å². The van der Waals surface area contributed by atoms with E-state index in [4.69, 9.17) is 0 Å². The summed E-state index contributed by atoms with van der Waals surface area (Å²) in [6, 6.07) is 5.16. The minimum absolute atomic E-state index is 0.244. The number of amides is 2. The number of nitrogens with one attached hydrogen (secondary N) is 2. The van der Waals surface area contributed by atoms with E-state index < -0.39 is 0 Å². The molecule has 96 valence electrons. The van der Waals surface area contributed by atoms with Crippen molar-refractivity contribution in [3.63, 3.8) is 0 Å². The van der Waals surface area contributed by atoms with Gasteiger partial charge in [0.15, 0.2) is 0 Å². The second kappa shape index (κ2) is 6.19. The molecular weight excluding hydrogens is 226 g/mol. The van der Waals surface area contributed by atoms with Crippen molar-refractivity contribution in [3.8, 4) is 0 Å². The van der Waals surface area contributed by atoms with E-state index in [2.05, 4.69) is 22.5 Å². The van der Waals surface area contributed by atoms with Crippen molar-refractivity contribution >= 4 is 11.8 Å². The fourth-order valence-electron chi connectivity index (χ4n) is 2.27. The molecule has 1 saturated carbocycles. The zero-order valence-corrected chi connectivity index (χ0v) is 10.6. The van der Waals surface area contributed by atoms with Gasteiger partial charge in [-0.25, -0.2) is 9.78 Å². The summed E-state index contributed by atoms with van der Waals surface area (Å²) in [6.07, 6.45) is 8.55. The number of carbonyl (C=O) groups excluding carboxylic acids is 1. The molecule has 2 rings (SSSR count). The molecule has 0 bridgehead atoms. The standard InChI is InChI=1S/C14H19N3O/c1-11(12-6-2-3-7-12)10-16-14(18)17-13-8-4-5-9-15-13/h4-5,8-10,12H,2-3,6-7H2,1H3,(H2,15,16,17,18)/b11-10+. The normalized spacial score (nSPS) is 16.6. The number of urea groups is 1. The van der Waals surface area contributed by atoms with Crippen LogP contribution in [0, 0.1) is 5.92 Å². The van der Waals surface area contributed by atoms with Crippen LogP contribution >= 0.6 is 0 Å². The van der Waals surface area contributed by atoms with Gasteiger partial charge in [0.25, 0.3) is 0 Å². The number of hydrogen-bond acceptors (Lipinski definition) is 2. The molecule has 2 N–H and O–H groups in total. The molecule has 18 heavy (non-hydrogen) atoms. The molecule has 1 aromatic heterocycles. The molecule has 4 heteroatoms. The van der Waals surface area contributed by atoms with Crippen molar-refractivity contribution in [2.75, 3.05) is 5.32 Å².